The molecule has 4 fully saturated rings. The minimum atomic E-state index is -4.71. The molecule has 3 aliphatic heterocycles. The number of rotatable bonds is 11. The van der Waals surface area contributed by atoms with Gasteiger partial charge in [-0.15, -0.1) is 0 Å². The molecule has 3 N–H and O–H groups in total. The van der Waals surface area contributed by atoms with Crippen molar-refractivity contribution in [2.75, 3.05) is 65.2 Å². The maximum absolute atomic E-state index is 14.6. The van der Waals surface area contributed by atoms with Crippen LogP contribution in [0.25, 0.3) is 0 Å². The Labute approximate surface area is 377 Å². The van der Waals surface area contributed by atoms with Crippen LogP contribution in [0.5, 0.6) is 0 Å². The number of aryl methyl sites for hydroxylation is 1. The van der Waals surface area contributed by atoms with E-state index in [0.29, 0.717) is 72.9 Å². The molecule has 0 bridgehead atoms. The molecule has 4 aliphatic rings. The molecule has 18 heteroatoms. The molecule has 3 aromatic carbocycles. The molecule has 2 amide bonds. The first kappa shape index (κ1) is 45.6. The number of para-hydroxylation sites is 1. The Morgan fingerprint density at radius 3 is 2.34 bits per heavy atom. The second kappa shape index (κ2) is 18.5. The topological polar surface area (TPSA) is 151 Å². The van der Waals surface area contributed by atoms with Crippen molar-refractivity contribution in [2.45, 2.75) is 93.8 Å². The lowest BCUT2D eigenvalue weighted by Crippen LogP contribution is -2.49. The number of halogens is 4. The zero-order valence-corrected chi connectivity index (χ0v) is 37.5. The molecule has 13 nitrogen and oxygen atoms in total. The predicted octanol–water partition coefficient (Wildman–Crippen LogP) is 7.65. The summed E-state index contributed by atoms with van der Waals surface area (Å²) < 4.78 is 73.1. The number of piperidine rings is 2. The fraction of sp³-hybridized carbons (Fsp3) is 0.478. The zero-order chi connectivity index (χ0) is 45.4. The number of hydrogen-bond acceptors (Lipinski definition) is 11. The lowest BCUT2D eigenvalue weighted by molar-refractivity contribution is -0.138. The van der Waals surface area contributed by atoms with E-state index in [2.05, 4.69) is 30.4 Å². The highest BCUT2D eigenvalue weighted by atomic mass is 35.5. The number of alkyl halides is 3. The normalized spacial score (nSPS) is 23.8. The van der Waals surface area contributed by atoms with E-state index in [1.54, 1.807) is 30.3 Å². The Bertz CT molecular complexity index is 2460. The second-order valence-electron chi connectivity index (χ2n) is 17.9. The van der Waals surface area contributed by atoms with Crippen LogP contribution in [0.15, 0.2) is 77.8 Å². The summed E-state index contributed by atoms with van der Waals surface area (Å²) in [4.78, 5) is 38.6. The maximum atomic E-state index is 14.6. The minimum absolute atomic E-state index is 0.0135. The number of imide groups is 1. The summed E-state index contributed by atoms with van der Waals surface area (Å²) in [6.45, 7) is 7.89. The van der Waals surface area contributed by atoms with Gasteiger partial charge >= 0.3 is 6.18 Å². The largest absolute Gasteiger partial charge is 0.421 e. The first-order chi connectivity index (χ1) is 30.4. The number of β-amino-alcohol motifs (C(OH)–C–C–N with tert-alkyl or cyclic N) is 1. The first-order valence-corrected chi connectivity index (χ1v) is 23.8. The molecule has 3 saturated heterocycles. The van der Waals surface area contributed by atoms with Crippen molar-refractivity contribution >= 4 is 62.3 Å². The summed E-state index contributed by atoms with van der Waals surface area (Å²) in [5.74, 6) is -0.998. The molecule has 8 rings (SSSR count). The maximum Gasteiger partial charge on any atom is 0.421 e. The number of nitrogens with zero attached hydrogens (tertiary/aromatic N) is 6. The van der Waals surface area contributed by atoms with Crippen LogP contribution in [0, 0.1) is 12.8 Å². The molecule has 0 unspecified atom stereocenters. The van der Waals surface area contributed by atoms with Crippen molar-refractivity contribution < 1.29 is 36.3 Å². The fourth-order valence-corrected chi connectivity index (χ4v) is 11.8. The molecule has 2 atom stereocenters. The number of nitrogens with one attached hydrogen (secondary N) is 2. The summed E-state index contributed by atoms with van der Waals surface area (Å²) >= 11 is 6.68. The number of sulfonamides is 1. The fourth-order valence-electron chi connectivity index (χ4n) is 9.67. The monoisotopic (exact) mass is 922 g/mol. The molecule has 0 radical (unpaired) electrons. The highest BCUT2D eigenvalue weighted by molar-refractivity contribution is 7.92. The number of piperazine rings is 1. The van der Waals surface area contributed by atoms with Crippen molar-refractivity contribution in [2.24, 2.45) is 5.92 Å². The summed E-state index contributed by atoms with van der Waals surface area (Å²) in [6.07, 6.45) is 0.842. The summed E-state index contributed by atoms with van der Waals surface area (Å²) in [5, 5.41) is 16.6. The third-order valence-corrected chi connectivity index (χ3v) is 15.3. The number of carbonyl (C=O) groups is 2. The second-order valence-corrected chi connectivity index (χ2v) is 20.1. The molecule has 1 aliphatic carbocycles. The van der Waals surface area contributed by atoms with Crippen LogP contribution >= 0.6 is 11.6 Å². The molecular formula is C46H54ClF3N8O5S. The van der Waals surface area contributed by atoms with Crippen LogP contribution in [0.4, 0.5) is 42.0 Å². The molecule has 0 spiro atoms. The van der Waals surface area contributed by atoms with Crippen molar-refractivity contribution in [3.05, 3.63) is 94.6 Å². The van der Waals surface area contributed by atoms with E-state index in [1.165, 1.54) is 11.0 Å². The van der Waals surface area contributed by atoms with Gasteiger partial charge in [-0.3, -0.25) is 24.1 Å². The molecule has 1 saturated carbocycles. The van der Waals surface area contributed by atoms with Gasteiger partial charge in [0.25, 0.3) is 10.0 Å². The number of benzene rings is 3. The molecule has 4 heterocycles. The van der Waals surface area contributed by atoms with E-state index in [1.807, 2.05) is 48.5 Å². The van der Waals surface area contributed by atoms with E-state index in [4.69, 9.17) is 11.6 Å². The van der Waals surface area contributed by atoms with Crippen LogP contribution in [0.2, 0.25) is 5.02 Å². The third-order valence-electron chi connectivity index (χ3n) is 13.1. The van der Waals surface area contributed by atoms with Crippen molar-refractivity contribution in [3.63, 3.8) is 0 Å². The van der Waals surface area contributed by atoms with Crippen molar-refractivity contribution in [1.29, 1.82) is 0 Å². The van der Waals surface area contributed by atoms with E-state index in [0.717, 1.165) is 63.0 Å². The summed E-state index contributed by atoms with van der Waals surface area (Å²) in [5.41, 5.74) is 1.12. The minimum Gasteiger partial charge on any atom is -0.388 e. The Morgan fingerprint density at radius 1 is 0.953 bits per heavy atom. The number of hydrogen-bond donors (Lipinski definition) is 3. The van der Waals surface area contributed by atoms with Crippen LogP contribution in [-0.4, -0.2) is 97.7 Å². The van der Waals surface area contributed by atoms with Crippen molar-refractivity contribution in [1.82, 2.24) is 20.2 Å². The lowest BCUT2D eigenvalue weighted by atomic mass is 9.85. The number of amides is 2. The van der Waals surface area contributed by atoms with Crippen LogP contribution in [0.3, 0.4) is 0 Å². The Kier molecular flexibility index (Phi) is 13.2. The number of aromatic nitrogens is 2. The van der Waals surface area contributed by atoms with Crippen LogP contribution in [-0.2, 0) is 25.8 Å². The number of carbonyl (C=O) groups excluding carboxylic acids is 2. The lowest BCUT2D eigenvalue weighted by Gasteiger charge is -2.41. The average molecular weight is 924 g/mol. The van der Waals surface area contributed by atoms with Gasteiger partial charge in [-0.25, -0.2) is 13.4 Å². The SMILES string of the molecule is Cc1cc(S(=O)(=O)N(c2ccccc2)C2CCC(CN3CCN(c4ccc([C@H]5CCC(=O)NC5=O)c(Cl)c4)CC3)CC2)ccc1Nc1ncc(C(F)(F)F)c(N2CCC[C@](C)(O)C2)n1. The Morgan fingerprint density at radius 2 is 1.69 bits per heavy atom. The highest BCUT2D eigenvalue weighted by Crippen LogP contribution is 2.40. The zero-order valence-electron chi connectivity index (χ0n) is 36.0. The van der Waals surface area contributed by atoms with Gasteiger partial charge in [0.1, 0.15) is 11.4 Å². The number of aliphatic hydroxyl groups is 1. The van der Waals surface area contributed by atoms with Crippen molar-refractivity contribution in [3.8, 4) is 0 Å². The van der Waals surface area contributed by atoms with Gasteiger partial charge in [-0.1, -0.05) is 35.9 Å². The first-order valence-electron chi connectivity index (χ1n) is 21.9. The molecular weight excluding hydrogens is 869 g/mol. The highest BCUT2D eigenvalue weighted by Gasteiger charge is 2.40. The molecule has 4 aromatic rings. The Balaban J connectivity index is 0.906. The third kappa shape index (κ3) is 10.1. The standard InChI is InChI=1S/C46H54ClF3N8O5S/c1-30-25-35(14-17-40(30)52-44-51-27-38(46(48,49)50)42(54-44)57-20-6-19-45(2,61)29-57)64(62,63)58(32-7-4-3-5-8-32)33-11-9-31(10-12-33)28-55-21-23-56(24-22-55)34-13-15-36(39(47)26-34)37-16-18-41(59)53-43(37)60/h3-5,7-8,13-15,17,25-27,31,33,37,61H,6,9-12,16,18-24,28-29H2,1-2H3,(H,51,52,54)(H,53,59,60)/t31?,33?,37-,45+/m1/s1. The van der Waals surface area contributed by atoms with Gasteiger partial charge in [-0.05, 0) is 118 Å². The van der Waals surface area contributed by atoms with Gasteiger partial charge in [-0.2, -0.15) is 18.2 Å². The van der Waals surface area contributed by atoms with Crippen LogP contribution < -0.4 is 24.7 Å². The summed E-state index contributed by atoms with van der Waals surface area (Å²) in [7, 11) is -4.05. The van der Waals surface area contributed by atoms with E-state index >= 15 is 0 Å². The predicted molar refractivity (Wildman–Crippen MR) is 241 cm³/mol. The molecule has 64 heavy (non-hydrogen) atoms. The van der Waals surface area contributed by atoms with Gasteiger partial charge in [0.2, 0.25) is 17.8 Å². The molecule has 342 valence electrons. The Hall–Kier alpha value is -4.97. The van der Waals surface area contributed by atoms with Gasteiger partial charge < -0.3 is 20.2 Å². The number of anilines is 5. The molecule has 1 aromatic heterocycles. The van der Waals surface area contributed by atoms with Crippen LogP contribution in [0.1, 0.15) is 80.9 Å². The van der Waals surface area contributed by atoms with E-state index in [9.17, 15) is 36.3 Å². The quantitative estimate of drug-likeness (QED) is 0.127. The van der Waals surface area contributed by atoms with Gasteiger partial charge in [0, 0.05) is 80.9 Å². The smallest absolute Gasteiger partial charge is 0.388 e. The van der Waals surface area contributed by atoms with E-state index < -0.39 is 33.3 Å². The average Bonchev–Trinajstić information content (AvgIpc) is 3.25. The van der Waals surface area contributed by atoms with Gasteiger partial charge in [0.15, 0.2) is 0 Å². The summed E-state index contributed by atoms with van der Waals surface area (Å²) in [6, 6.07) is 19.3. The van der Waals surface area contributed by atoms with Gasteiger partial charge in [0.05, 0.1) is 22.1 Å². The van der Waals surface area contributed by atoms with E-state index in [-0.39, 0.29) is 41.1 Å².